The number of methoxy groups -OCH3 is 1. The van der Waals surface area contributed by atoms with Crippen LogP contribution in [0.3, 0.4) is 0 Å². The third-order valence-corrected chi connectivity index (χ3v) is 5.97. The lowest BCUT2D eigenvalue weighted by Gasteiger charge is -2.39. The maximum atomic E-state index is 13.1. The maximum Gasteiger partial charge on any atom is 0.252 e. The minimum absolute atomic E-state index is 0.0125. The molecular weight excluding hydrogens is 410 g/mol. The lowest BCUT2D eigenvalue weighted by Crippen LogP contribution is -2.52. The summed E-state index contributed by atoms with van der Waals surface area (Å²) in [6.07, 6.45) is 4.50. The number of rotatable bonds is 8. The number of piperidine rings is 1. The highest BCUT2D eigenvalue weighted by molar-refractivity contribution is 5.89. The van der Waals surface area contributed by atoms with Gasteiger partial charge in [0.05, 0.1) is 6.42 Å². The molecule has 0 bridgehead atoms. The third-order valence-electron chi connectivity index (χ3n) is 5.97. The van der Waals surface area contributed by atoms with Gasteiger partial charge in [-0.3, -0.25) is 9.59 Å². The number of ether oxygens (including phenoxy) is 1. The number of para-hydroxylation sites is 1. The molecule has 1 fully saturated rings. The van der Waals surface area contributed by atoms with Gasteiger partial charge in [-0.2, -0.15) is 4.98 Å². The number of likely N-dealkylation sites (tertiary alicyclic amines) is 1. The van der Waals surface area contributed by atoms with Crippen LogP contribution in [0.2, 0.25) is 0 Å². The van der Waals surface area contributed by atoms with Crippen LogP contribution in [0.4, 0.5) is 0 Å². The van der Waals surface area contributed by atoms with Crippen molar-refractivity contribution in [3.63, 3.8) is 0 Å². The van der Waals surface area contributed by atoms with Crippen LogP contribution in [0.25, 0.3) is 10.9 Å². The number of carbonyl (C=O) groups excluding carboxylic acids is 2. The van der Waals surface area contributed by atoms with E-state index in [9.17, 15) is 9.59 Å². The van der Waals surface area contributed by atoms with E-state index in [4.69, 9.17) is 9.26 Å². The molecule has 1 aliphatic rings. The quantitative estimate of drug-likeness (QED) is 0.578. The van der Waals surface area contributed by atoms with Crippen molar-refractivity contribution in [2.75, 3.05) is 26.7 Å². The number of aromatic amines is 1. The first kappa shape index (κ1) is 22.0. The van der Waals surface area contributed by atoms with Crippen LogP contribution < -0.4 is 0 Å². The average molecular weight is 440 g/mol. The van der Waals surface area contributed by atoms with Crippen molar-refractivity contribution in [1.82, 2.24) is 24.9 Å². The third kappa shape index (κ3) is 4.99. The van der Waals surface area contributed by atoms with Crippen LogP contribution in [0, 0.1) is 0 Å². The summed E-state index contributed by atoms with van der Waals surface area (Å²) in [6.45, 7) is 3.58. The van der Waals surface area contributed by atoms with Crippen molar-refractivity contribution in [2.45, 2.75) is 45.3 Å². The van der Waals surface area contributed by atoms with E-state index in [1.165, 1.54) is 0 Å². The van der Waals surface area contributed by atoms with Gasteiger partial charge in [0, 0.05) is 63.2 Å². The van der Waals surface area contributed by atoms with Gasteiger partial charge < -0.3 is 24.0 Å². The van der Waals surface area contributed by atoms with Crippen LogP contribution in [0.5, 0.6) is 0 Å². The molecule has 4 rings (SSSR count). The fourth-order valence-electron chi connectivity index (χ4n) is 4.38. The Hall–Kier alpha value is -3.20. The Morgan fingerprint density at radius 3 is 3.00 bits per heavy atom. The molecule has 0 spiro atoms. The molecule has 1 unspecified atom stereocenters. The number of amides is 2. The summed E-state index contributed by atoms with van der Waals surface area (Å²) in [5.74, 6) is 1.04. The molecule has 170 valence electrons. The lowest BCUT2D eigenvalue weighted by molar-refractivity contribution is -0.138. The number of hydrogen-bond donors (Lipinski definition) is 1. The van der Waals surface area contributed by atoms with E-state index < -0.39 is 0 Å². The molecular formula is C23H29N5O4. The van der Waals surface area contributed by atoms with Crippen LogP contribution >= 0.6 is 0 Å². The second-order valence-electron chi connectivity index (χ2n) is 8.17. The zero-order chi connectivity index (χ0) is 22.5. The Kier molecular flexibility index (Phi) is 6.84. The van der Waals surface area contributed by atoms with Crippen LogP contribution in [-0.4, -0.2) is 69.5 Å². The van der Waals surface area contributed by atoms with Crippen molar-refractivity contribution in [2.24, 2.45) is 0 Å². The van der Waals surface area contributed by atoms with Gasteiger partial charge in [-0.1, -0.05) is 23.4 Å². The molecule has 3 heterocycles. The van der Waals surface area contributed by atoms with Crippen molar-refractivity contribution in [3.05, 3.63) is 47.7 Å². The maximum absolute atomic E-state index is 13.1. The van der Waals surface area contributed by atoms with Gasteiger partial charge in [0.2, 0.25) is 11.8 Å². The number of H-pyrrole nitrogens is 1. The molecule has 1 atom stereocenters. The van der Waals surface area contributed by atoms with Gasteiger partial charge >= 0.3 is 0 Å². The van der Waals surface area contributed by atoms with Crippen LogP contribution in [-0.2, 0) is 33.8 Å². The molecule has 32 heavy (non-hydrogen) atoms. The van der Waals surface area contributed by atoms with E-state index in [1.807, 2.05) is 40.3 Å². The largest absolute Gasteiger partial charge is 0.375 e. The van der Waals surface area contributed by atoms with E-state index in [0.717, 1.165) is 29.3 Å². The van der Waals surface area contributed by atoms with Gasteiger partial charge in [0.15, 0.2) is 5.82 Å². The highest BCUT2D eigenvalue weighted by Gasteiger charge is 2.29. The summed E-state index contributed by atoms with van der Waals surface area (Å²) < 4.78 is 10.1. The molecule has 3 aromatic rings. The normalized spacial score (nSPS) is 16.4. The molecule has 9 heteroatoms. The first-order chi connectivity index (χ1) is 15.5. The Labute approximate surface area is 186 Å². The second-order valence-corrected chi connectivity index (χ2v) is 8.17. The Balaban J connectivity index is 1.38. The standard InChI is InChI=1S/C23H29N5O4/c1-16(29)28(11-9-21-25-22(15-31-2)32-26-21)18-6-5-10-27(14-18)23(30)12-17-13-24-20-8-4-3-7-19(17)20/h3-4,7-8,13,18,24H,5-6,9-12,14-15H2,1-2H3. The van der Waals surface area contributed by atoms with E-state index in [-0.39, 0.29) is 24.5 Å². The molecule has 9 nitrogen and oxygen atoms in total. The number of carbonyl (C=O) groups is 2. The summed E-state index contributed by atoms with van der Waals surface area (Å²) in [5, 5.41) is 5.03. The highest BCUT2D eigenvalue weighted by Crippen LogP contribution is 2.21. The molecule has 1 N–H and O–H groups in total. The summed E-state index contributed by atoms with van der Waals surface area (Å²) in [5.41, 5.74) is 2.03. The number of nitrogens with one attached hydrogen (secondary N) is 1. The Morgan fingerprint density at radius 2 is 2.19 bits per heavy atom. The van der Waals surface area contributed by atoms with E-state index >= 15 is 0 Å². The molecule has 0 radical (unpaired) electrons. The smallest absolute Gasteiger partial charge is 0.252 e. The predicted octanol–water partition coefficient (Wildman–Crippen LogP) is 2.32. The summed E-state index contributed by atoms with van der Waals surface area (Å²) in [6, 6.07) is 7.98. The van der Waals surface area contributed by atoms with E-state index in [0.29, 0.717) is 44.2 Å². The highest BCUT2D eigenvalue weighted by atomic mass is 16.5. The number of nitrogens with zero attached hydrogens (tertiary/aromatic N) is 4. The van der Waals surface area contributed by atoms with Gasteiger partial charge in [-0.25, -0.2) is 0 Å². The van der Waals surface area contributed by atoms with Gasteiger partial charge in [0.25, 0.3) is 5.89 Å². The lowest BCUT2D eigenvalue weighted by atomic mass is 10.0. The van der Waals surface area contributed by atoms with Crippen molar-refractivity contribution < 1.29 is 18.8 Å². The molecule has 0 saturated carbocycles. The average Bonchev–Trinajstić information content (AvgIpc) is 3.41. The molecule has 1 aliphatic heterocycles. The molecule has 2 aromatic heterocycles. The molecule has 1 saturated heterocycles. The summed E-state index contributed by atoms with van der Waals surface area (Å²) in [4.78, 5) is 36.7. The molecule has 1 aromatic carbocycles. The zero-order valence-electron chi connectivity index (χ0n) is 18.5. The fraction of sp³-hybridized carbons (Fsp3) is 0.478. The Morgan fingerprint density at radius 1 is 1.34 bits per heavy atom. The molecule has 2 amide bonds. The first-order valence-electron chi connectivity index (χ1n) is 11.0. The fourth-order valence-corrected chi connectivity index (χ4v) is 4.38. The predicted molar refractivity (Wildman–Crippen MR) is 118 cm³/mol. The molecule has 0 aliphatic carbocycles. The summed E-state index contributed by atoms with van der Waals surface area (Å²) in [7, 11) is 1.57. The van der Waals surface area contributed by atoms with Gasteiger partial charge in [-0.15, -0.1) is 0 Å². The van der Waals surface area contributed by atoms with Crippen molar-refractivity contribution in [3.8, 4) is 0 Å². The number of fused-ring (bicyclic) bond motifs is 1. The zero-order valence-corrected chi connectivity index (χ0v) is 18.5. The van der Waals surface area contributed by atoms with Crippen molar-refractivity contribution in [1.29, 1.82) is 0 Å². The first-order valence-corrected chi connectivity index (χ1v) is 11.0. The summed E-state index contributed by atoms with van der Waals surface area (Å²) >= 11 is 0. The van der Waals surface area contributed by atoms with E-state index in [2.05, 4.69) is 15.1 Å². The van der Waals surface area contributed by atoms with Crippen molar-refractivity contribution >= 4 is 22.7 Å². The number of benzene rings is 1. The Bertz CT molecular complexity index is 1080. The van der Waals surface area contributed by atoms with Crippen LogP contribution in [0.1, 0.15) is 37.0 Å². The SMILES string of the molecule is COCc1nc(CCN(C(C)=O)C2CCCN(C(=O)Cc3c[nH]c4ccccc34)C2)no1. The minimum Gasteiger partial charge on any atom is -0.375 e. The topological polar surface area (TPSA) is 105 Å². The van der Waals surface area contributed by atoms with Crippen LogP contribution in [0.15, 0.2) is 35.0 Å². The van der Waals surface area contributed by atoms with E-state index in [1.54, 1.807) is 14.0 Å². The second kappa shape index (κ2) is 9.95. The van der Waals surface area contributed by atoms with Gasteiger partial charge in [-0.05, 0) is 24.5 Å². The monoisotopic (exact) mass is 439 g/mol. The minimum atomic E-state index is -0.0153. The number of aromatic nitrogens is 3. The van der Waals surface area contributed by atoms with Gasteiger partial charge in [0.1, 0.15) is 6.61 Å². The number of hydrogen-bond acceptors (Lipinski definition) is 6.